The summed E-state index contributed by atoms with van der Waals surface area (Å²) >= 11 is 0. The number of nitrogens with one attached hydrogen (secondary N) is 1. The molecular formula is C13H19ClN2O2. The van der Waals surface area contributed by atoms with Crippen LogP contribution in [-0.4, -0.2) is 18.1 Å². The van der Waals surface area contributed by atoms with E-state index in [0.29, 0.717) is 6.61 Å². The fraction of sp³-hybridized carbons (Fsp3) is 0.462. The van der Waals surface area contributed by atoms with Gasteiger partial charge in [0.2, 0.25) is 5.91 Å². The molecule has 1 saturated carbocycles. The second-order valence-corrected chi connectivity index (χ2v) is 4.42. The second kappa shape index (κ2) is 6.07. The van der Waals surface area contributed by atoms with Crippen LogP contribution in [0.2, 0.25) is 0 Å². The zero-order chi connectivity index (χ0) is 12.3. The molecule has 1 amide bonds. The summed E-state index contributed by atoms with van der Waals surface area (Å²) < 4.78 is 5.33. The van der Waals surface area contributed by atoms with Crippen LogP contribution in [0.25, 0.3) is 0 Å². The third kappa shape index (κ3) is 3.15. The Kier molecular flexibility index (Phi) is 4.99. The van der Waals surface area contributed by atoms with Crippen LogP contribution in [0, 0.1) is 0 Å². The summed E-state index contributed by atoms with van der Waals surface area (Å²) in [6.07, 6.45) is 2.58. The molecule has 5 heteroatoms. The van der Waals surface area contributed by atoms with Gasteiger partial charge in [0.25, 0.3) is 0 Å². The molecule has 0 radical (unpaired) electrons. The quantitative estimate of drug-likeness (QED) is 0.883. The average Bonchev–Trinajstić information content (AvgIpc) is 2.29. The third-order valence-electron chi connectivity index (χ3n) is 3.12. The van der Waals surface area contributed by atoms with E-state index in [1.165, 1.54) is 0 Å². The number of carbonyl (C=O) groups is 1. The number of hydrogen-bond donors (Lipinski definition) is 2. The van der Waals surface area contributed by atoms with E-state index in [1.54, 1.807) is 0 Å². The highest BCUT2D eigenvalue weighted by molar-refractivity contribution is 5.98. The molecule has 100 valence electrons. The summed E-state index contributed by atoms with van der Waals surface area (Å²) in [4.78, 5) is 11.9. The second-order valence-electron chi connectivity index (χ2n) is 4.42. The van der Waals surface area contributed by atoms with E-state index in [2.05, 4.69) is 5.32 Å². The highest BCUT2D eigenvalue weighted by Gasteiger charge is 2.40. The highest BCUT2D eigenvalue weighted by atomic mass is 35.5. The molecule has 1 aromatic carbocycles. The van der Waals surface area contributed by atoms with Gasteiger partial charge in [0.05, 0.1) is 12.1 Å². The number of ether oxygens (including phenoxy) is 1. The van der Waals surface area contributed by atoms with Crippen LogP contribution < -0.4 is 15.8 Å². The van der Waals surface area contributed by atoms with Crippen molar-refractivity contribution >= 4 is 24.0 Å². The first-order valence-electron chi connectivity index (χ1n) is 5.97. The Bertz CT molecular complexity index is 402. The lowest BCUT2D eigenvalue weighted by atomic mass is 9.77. The molecule has 1 aliphatic carbocycles. The minimum Gasteiger partial charge on any atom is -0.494 e. The number of anilines is 1. The molecular weight excluding hydrogens is 252 g/mol. The molecule has 0 unspecified atom stereocenters. The van der Waals surface area contributed by atoms with Gasteiger partial charge in [-0.15, -0.1) is 12.4 Å². The van der Waals surface area contributed by atoms with Crippen molar-refractivity contribution in [2.24, 2.45) is 5.73 Å². The van der Waals surface area contributed by atoms with E-state index in [-0.39, 0.29) is 18.3 Å². The smallest absolute Gasteiger partial charge is 0.244 e. The Balaban J connectivity index is 0.00000162. The van der Waals surface area contributed by atoms with E-state index >= 15 is 0 Å². The third-order valence-corrected chi connectivity index (χ3v) is 3.12. The predicted molar refractivity (Wildman–Crippen MR) is 74.3 cm³/mol. The molecule has 1 fully saturated rings. The maximum Gasteiger partial charge on any atom is 0.244 e. The number of benzene rings is 1. The highest BCUT2D eigenvalue weighted by Crippen LogP contribution is 2.30. The van der Waals surface area contributed by atoms with Crippen molar-refractivity contribution in [2.75, 3.05) is 11.9 Å². The number of halogens is 1. The van der Waals surface area contributed by atoms with Gasteiger partial charge in [-0.05, 0) is 50.5 Å². The first-order chi connectivity index (χ1) is 8.14. The normalized spacial score (nSPS) is 16.1. The Labute approximate surface area is 113 Å². The lowest BCUT2D eigenvalue weighted by Gasteiger charge is -2.36. The summed E-state index contributed by atoms with van der Waals surface area (Å²) in [6.45, 7) is 2.57. The van der Waals surface area contributed by atoms with Gasteiger partial charge >= 0.3 is 0 Å². The summed E-state index contributed by atoms with van der Waals surface area (Å²) in [5.41, 5.74) is 6.04. The van der Waals surface area contributed by atoms with E-state index in [0.717, 1.165) is 30.7 Å². The van der Waals surface area contributed by atoms with Crippen LogP contribution in [0.4, 0.5) is 5.69 Å². The SMILES string of the molecule is CCOc1ccc(NC(=O)C2(N)CCC2)cc1.Cl. The van der Waals surface area contributed by atoms with Crippen LogP contribution in [-0.2, 0) is 4.79 Å². The topological polar surface area (TPSA) is 64.3 Å². The van der Waals surface area contributed by atoms with Crippen LogP contribution in [0.5, 0.6) is 5.75 Å². The van der Waals surface area contributed by atoms with Crippen molar-refractivity contribution in [3.05, 3.63) is 24.3 Å². The monoisotopic (exact) mass is 270 g/mol. The number of rotatable bonds is 4. The lowest BCUT2D eigenvalue weighted by molar-refractivity contribution is -0.123. The van der Waals surface area contributed by atoms with Crippen LogP contribution in [0.1, 0.15) is 26.2 Å². The Morgan fingerprint density at radius 2 is 2.00 bits per heavy atom. The van der Waals surface area contributed by atoms with Crippen LogP contribution in [0.3, 0.4) is 0 Å². The van der Waals surface area contributed by atoms with Gasteiger partial charge in [-0.2, -0.15) is 0 Å². The van der Waals surface area contributed by atoms with Crippen molar-refractivity contribution in [1.82, 2.24) is 0 Å². The van der Waals surface area contributed by atoms with Gasteiger partial charge < -0.3 is 15.8 Å². The standard InChI is InChI=1S/C13H18N2O2.ClH/c1-2-17-11-6-4-10(5-7-11)15-12(16)13(14)8-3-9-13;/h4-7H,2-3,8-9,14H2,1H3,(H,15,16);1H. The molecule has 4 nitrogen and oxygen atoms in total. The molecule has 0 aromatic heterocycles. The number of amides is 1. The summed E-state index contributed by atoms with van der Waals surface area (Å²) in [5.74, 6) is 0.713. The minimum absolute atomic E-state index is 0. The fourth-order valence-corrected chi connectivity index (χ4v) is 1.84. The maximum atomic E-state index is 11.9. The molecule has 0 aliphatic heterocycles. The zero-order valence-corrected chi connectivity index (χ0v) is 11.3. The molecule has 0 saturated heterocycles. The molecule has 1 aliphatic rings. The lowest BCUT2D eigenvalue weighted by Crippen LogP contribution is -2.56. The van der Waals surface area contributed by atoms with Gasteiger partial charge in [-0.3, -0.25) is 4.79 Å². The summed E-state index contributed by atoms with van der Waals surface area (Å²) in [5, 5.41) is 2.83. The number of carbonyl (C=O) groups excluding carboxylic acids is 1. The maximum absolute atomic E-state index is 11.9. The first-order valence-corrected chi connectivity index (χ1v) is 5.97. The molecule has 0 heterocycles. The van der Waals surface area contributed by atoms with Crippen LogP contribution >= 0.6 is 12.4 Å². The molecule has 2 rings (SSSR count). The Hall–Kier alpha value is -1.26. The van der Waals surface area contributed by atoms with Crippen LogP contribution in [0.15, 0.2) is 24.3 Å². The van der Waals surface area contributed by atoms with Crippen molar-refractivity contribution in [3.8, 4) is 5.75 Å². The van der Waals surface area contributed by atoms with Gasteiger partial charge in [0.15, 0.2) is 0 Å². The van der Waals surface area contributed by atoms with Crippen molar-refractivity contribution in [3.63, 3.8) is 0 Å². The molecule has 0 bridgehead atoms. The molecule has 1 aromatic rings. The molecule has 0 atom stereocenters. The van der Waals surface area contributed by atoms with E-state index in [9.17, 15) is 4.79 Å². The van der Waals surface area contributed by atoms with Gasteiger partial charge in [-0.25, -0.2) is 0 Å². The molecule has 0 spiro atoms. The zero-order valence-electron chi connectivity index (χ0n) is 10.4. The first kappa shape index (κ1) is 14.8. The fourth-order valence-electron chi connectivity index (χ4n) is 1.84. The van der Waals surface area contributed by atoms with Crippen molar-refractivity contribution in [1.29, 1.82) is 0 Å². The van der Waals surface area contributed by atoms with E-state index in [4.69, 9.17) is 10.5 Å². The van der Waals surface area contributed by atoms with E-state index in [1.807, 2.05) is 31.2 Å². The number of hydrogen-bond acceptors (Lipinski definition) is 3. The average molecular weight is 271 g/mol. The minimum atomic E-state index is -0.654. The summed E-state index contributed by atoms with van der Waals surface area (Å²) in [6, 6.07) is 7.32. The van der Waals surface area contributed by atoms with Crippen molar-refractivity contribution in [2.45, 2.75) is 31.7 Å². The van der Waals surface area contributed by atoms with Crippen molar-refractivity contribution < 1.29 is 9.53 Å². The Morgan fingerprint density at radius 3 is 2.44 bits per heavy atom. The Morgan fingerprint density at radius 1 is 1.39 bits per heavy atom. The van der Waals surface area contributed by atoms with Gasteiger partial charge in [0, 0.05) is 5.69 Å². The summed E-state index contributed by atoms with van der Waals surface area (Å²) in [7, 11) is 0. The molecule has 3 N–H and O–H groups in total. The van der Waals surface area contributed by atoms with Gasteiger partial charge in [-0.1, -0.05) is 0 Å². The van der Waals surface area contributed by atoms with E-state index < -0.39 is 5.54 Å². The largest absolute Gasteiger partial charge is 0.494 e. The molecule has 18 heavy (non-hydrogen) atoms. The number of nitrogens with two attached hydrogens (primary N) is 1. The van der Waals surface area contributed by atoms with Gasteiger partial charge in [0.1, 0.15) is 5.75 Å². The predicted octanol–water partition coefficient (Wildman–Crippen LogP) is 2.33.